The number of amides is 2. The van der Waals surface area contributed by atoms with Crippen LogP contribution in [0.3, 0.4) is 0 Å². The monoisotopic (exact) mass is 553 g/mol. The van der Waals surface area contributed by atoms with Gasteiger partial charge in [-0.1, -0.05) is 42.5 Å². The predicted octanol–water partition coefficient (Wildman–Crippen LogP) is 4.99. The number of carbonyl (C=O) groups is 3. The molecule has 2 amide bonds. The van der Waals surface area contributed by atoms with Crippen LogP contribution in [0.25, 0.3) is 10.9 Å². The van der Waals surface area contributed by atoms with Crippen molar-refractivity contribution in [2.45, 2.75) is 33.3 Å². The topological polar surface area (TPSA) is 127 Å². The van der Waals surface area contributed by atoms with Crippen LogP contribution >= 0.6 is 0 Å². The first-order valence-corrected chi connectivity index (χ1v) is 13.4. The van der Waals surface area contributed by atoms with Crippen LogP contribution in [0.15, 0.2) is 78.9 Å². The lowest BCUT2D eigenvalue weighted by Crippen LogP contribution is -2.29. The van der Waals surface area contributed by atoms with E-state index in [-0.39, 0.29) is 17.9 Å². The molecular weight excluding hydrogens is 522 g/mol. The van der Waals surface area contributed by atoms with Crippen LogP contribution in [0.4, 0.5) is 5.69 Å². The lowest BCUT2D eigenvalue weighted by molar-refractivity contribution is -0.151. The van der Waals surface area contributed by atoms with Crippen LogP contribution in [0.2, 0.25) is 0 Å². The quantitative estimate of drug-likeness (QED) is 0.143. The Labute approximate surface area is 237 Å². The molecule has 0 radical (unpaired) electrons. The smallest absolute Gasteiger partial charge is 0.313 e. The van der Waals surface area contributed by atoms with E-state index in [4.69, 9.17) is 14.7 Å². The number of hydrogen-bond acceptors (Lipinski definition) is 7. The number of aryl methyl sites for hydroxylation is 1. The number of anilines is 1. The van der Waals surface area contributed by atoms with Crippen LogP contribution in [-0.4, -0.2) is 34.6 Å². The Morgan fingerprint density at radius 2 is 1.76 bits per heavy atom. The summed E-state index contributed by atoms with van der Waals surface area (Å²) >= 11 is 0. The van der Waals surface area contributed by atoms with E-state index in [1.54, 1.807) is 30.6 Å². The number of nitrogens with zero attached hydrogens (tertiary/aromatic N) is 1. The highest BCUT2D eigenvalue weighted by molar-refractivity contribution is 6.06. The maximum absolute atomic E-state index is 13.2. The Morgan fingerprint density at radius 1 is 1.02 bits per heavy atom. The van der Waals surface area contributed by atoms with Crippen molar-refractivity contribution < 1.29 is 29.1 Å². The molecule has 4 aromatic rings. The van der Waals surface area contributed by atoms with Gasteiger partial charge in [-0.25, -0.2) is 5.48 Å². The average molecular weight is 554 g/mol. The molecular formula is C32H31N3O6. The Bertz CT molecular complexity index is 1600. The summed E-state index contributed by atoms with van der Waals surface area (Å²) in [6.45, 7) is 4.27. The molecule has 3 N–H and O–H groups in total. The number of hydroxylamine groups is 1. The summed E-state index contributed by atoms with van der Waals surface area (Å²) in [4.78, 5) is 42.8. The SMILES string of the molecule is CCOC(=O)[C@@]1(Cc2ccc(OCc3cc(C)nc4ccccc34)cc2)C[C@@H]1C(=O)Nc1ccccc1C(=O)NO. The van der Waals surface area contributed by atoms with Crippen LogP contribution in [0, 0.1) is 18.3 Å². The largest absolute Gasteiger partial charge is 0.489 e. The molecule has 9 heteroatoms. The Balaban J connectivity index is 1.28. The molecule has 1 aromatic heterocycles. The Hall–Kier alpha value is -4.76. The zero-order valence-corrected chi connectivity index (χ0v) is 22.8. The molecule has 2 atom stereocenters. The second-order valence-electron chi connectivity index (χ2n) is 10.2. The summed E-state index contributed by atoms with van der Waals surface area (Å²) < 4.78 is 11.4. The van der Waals surface area contributed by atoms with Crippen molar-refractivity contribution >= 4 is 34.4 Å². The molecule has 3 aromatic carbocycles. The maximum atomic E-state index is 13.2. The number of hydrogen-bond donors (Lipinski definition) is 3. The predicted molar refractivity (Wildman–Crippen MR) is 152 cm³/mol. The van der Waals surface area contributed by atoms with Crippen LogP contribution in [0.1, 0.15) is 40.5 Å². The fraction of sp³-hybridized carbons (Fsp3) is 0.250. The number of para-hydroxylation sites is 2. The zero-order valence-electron chi connectivity index (χ0n) is 22.8. The number of fused-ring (bicyclic) bond motifs is 1. The minimum Gasteiger partial charge on any atom is -0.489 e. The van der Waals surface area contributed by atoms with Crippen molar-refractivity contribution in [3.05, 3.63) is 101 Å². The highest BCUT2D eigenvalue weighted by Crippen LogP contribution is 2.56. The normalized spacial score (nSPS) is 17.5. The summed E-state index contributed by atoms with van der Waals surface area (Å²) in [5, 5.41) is 12.8. The number of ether oxygens (including phenoxy) is 2. The minimum atomic E-state index is -1.01. The number of nitrogens with one attached hydrogen (secondary N) is 2. The van der Waals surface area contributed by atoms with E-state index in [0.29, 0.717) is 25.2 Å². The molecule has 1 aliphatic rings. The Morgan fingerprint density at radius 3 is 2.51 bits per heavy atom. The van der Waals surface area contributed by atoms with Gasteiger partial charge in [0, 0.05) is 16.6 Å². The van der Waals surface area contributed by atoms with E-state index < -0.39 is 29.1 Å². The molecule has 0 saturated heterocycles. The van der Waals surface area contributed by atoms with Crippen molar-refractivity contribution in [1.82, 2.24) is 10.5 Å². The first-order valence-electron chi connectivity index (χ1n) is 13.4. The molecule has 0 aliphatic heterocycles. The van der Waals surface area contributed by atoms with Gasteiger partial charge in [0.05, 0.1) is 34.7 Å². The van der Waals surface area contributed by atoms with Gasteiger partial charge in [-0.2, -0.15) is 0 Å². The average Bonchev–Trinajstić information content (AvgIpc) is 3.72. The Kier molecular flexibility index (Phi) is 7.98. The summed E-state index contributed by atoms with van der Waals surface area (Å²) in [7, 11) is 0. The van der Waals surface area contributed by atoms with E-state index in [0.717, 1.165) is 27.7 Å². The molecule has 5 rings (SSSR count). The standard InChI is InChI=1S/C32H31N3O6/c1-3-40-31(38)32(18-26(32)30(37)34-28-11-7-5-9-25(28)29(36)35-39)17-21-12-14-23(15-13-21)41-19-22-16-20(2)33-27-10-6-4-8-24(22)27/h4-16,26,39H,3,17-19H2,1-2H3,(H,34,37)(H,35,36)/t26-,32+/m1/s1. The number of aromatic nitrogens is 1. The summed E-state index contributed by atoms with van der Waals surface area (Å²) in [6, 6.07) is 23.8. The van der Waals surface area contributed by atoms with Crippen molar-refractivity contribution in [2.24, 2.45) is 11.3 Å². The lowest BCUT2D eigenvalue weighted by Gasteiger charge is -2.17. The second-order valence-corrected chi connectivity index (χ2v) is 10.2. The van der Waals surface area contributed by atoms with E-state index >= 15 is 0 Å². The van der Waals surface area contributed by atoms with E-state index in [1.807, 2.05) is 61.5 Å². The minimum absolute atomic E-state index is 0.108. The van der Waals surface area contributed by atoms with Gasteiger partial charge in [-0.05, 0) is 68.7 Å². The highest BCUT2D eigenvalue weighted by atomic mass is 16.5. The van der Waals surface area contributed by atoms with Crippen LogP contribution < -0.4 is 15.5 Å². The number of pyridine rings is 1. The van der Waals surface area contributed by atoms with E-state index in [9.17, 15) is 14.4 Å². The lowest BCUT2D eigenvalue weighted by atomic mass is 9.93. The number of benzene rings is 3. The summed E-state index contributed by atoms with van der Waals surface area (Å²) in [5.74, 6) is -1.52. The van der Waals surface area contributed by atoms with Gasteiger partial charge in [0.2, 0.25) is 5.91 Å². The number of rotatable bonds is 10. The number of carbonyl (C=O) groups excluding carboxylic acids is 3. The molecule has 1 heterocycles. The molecule has 1 aliphatic carbocycles. The van der Waals surface area contributed by atoms with Gasteiger partial charge >= 0.3 is 5.97 Å². The first kappa shape index (κ1) is 27.8. The molecule has 9 nitrogen and oxygen atoms in total. The van der Waals surface area contributed by atoms with Gasteiger partial charge in [0.1, 0.15) is 12.4 Å². The van der Waals surface area contributed by atoms with Crippen LogP contribution in [0.5, 0.6) is 5.75 Å². The summed E-state index contributed by atoms with van der Waals surface area (Å²) in [5.41, 5.74) is 4.68. The third kappa shape index (κ3) is 5.90. The van der Waals surface area contributed by atoms with Gasteiger partial charge in [-0.3, -0.25) is 24.6 Å². The molecule has 0 spiro atoms. The van der Waals surface area contributed by atoms with E-state index in [2.05, 4.69) is 10.3 Å². The fourth-order valence-electron chi connectivity index (χ4n) is 5.23. The van der Waals surface area contributed by atoms with Gasteiger partial charge in [0.25, 0.3) is 5.91 Å². The first-order chi connectivity index (χ1) is 19.8. The molecule has 41 heavy (non-hydrogen) atoms. The van der Waals surface area contributed by atoms with Gasteiger partial charge < -0.3 is 14.8 Å². The van der Waals surface area contributed by atoms with Crippen LogP contribution in [-0.2, 0) is 27.4 Å². The fourth-order valence-corrected chi connectivity index (χ4v) is 5.23. The molecule has 0 unspecified atom stereocenters. The van der Waals surface area contributed by atoms with E-state index in [1.165, 1.54) is 6.07 Å². The van der Waals surface area contributed by atoms with Crippen molar-refractivity contribution in [3.8, 4) is 5.75 Å². The summed E-state index contributed by atoms with van der Waals surface area (Å²) in [6.07, 6.45) is 0.635. The van der Waals surface area contributed by atoms with Gasteiger partial charge in [-0.15, -0.1) is 0 Å². The molecule has 1 fully saturated rings. The third-order valence-corrected chi connectivity index (χ3v) is 7.37. The van der Waals surface area contributed by atoms with Crippen molar-refractivity contribution in [3.63, 3.8) is 0 Å². The molecule has 0 bridgehead atoms. The third-order valence-electron chi connectivity index (χ3n) is 7.37. The zero-order chi connectivity index (χ0) is 29.0. The number of esters is 1. The second kappa shape index (κ2) is 11.8. The van der Waals surface area contributed by atoms with Gasteiger partial charge in [0.15, 0.2) is 0 Å². The van der Waals surface area contributed by atoms with Crippen molar-refractivity contribution in [2.75, 3.05) is 11.9 Å². The highest BCUT2D eigenvalue weighted by Gasteiger charge is 2.64. The maximum Gasteiger partial charge on any atom is 0.313 e. The van der Waals surface area contributed by atoms with Crippen molar-refractivity contribution in [1.29, 1.82) is 0 Å². The molecule has 210 valence electrons. The molecule has 1 saturated carbocycles.